The number of methoxy groups -OCH3 is 1. The predicted octanol–water partition coefficient (Wildman–Crippen LogP) is 2.08. The lowest BCUT2D eigenvalue weighted by molar-refractivity contribution is -0.144. The minimum atomic E-state index is -0.702. The average molecular weight is 280 g/mol. The Bertz CT molecular complexity index is 501. The number of nitrogens with zero attached hydrogens (tertiary/aromatic N) is 2. The van der Waals surface area contributed by atoms with Gasteiger partial charge in [0.15, 0.2) is 0 Å². The van der Waals surface area contributed by atoms with E-state index in [0.717, 1.165) is 25.7 Å². The number of carbonyl (C=O) groups excluding carboxylic acids is 1. The fraction of sp³-hybridized carbons (Fsp3) is 0.786. The molecule has 0 aliphatic heterocycles. The maximum Gasteiger partial charge on any atom is 0.321 e. The normalized spacial score (nSPS) is 22.7. The summed E-state index contributed by atoms with van der Waals surface area (Å²) in [5.74, 6) is 0.678. The van der Waals surface area contributed by atoms with Crippen molar-refractivity contribution in [1.82, 2.24) is 10.1 Å². The summed E-state index contributed by atoms with van der Waals surface area (Å²) in [5, 5.41) is 4.09. The van der Waals surface area contributed by atoms with Gasteiger partial charge in [0.25, 0.3) is 0 Å². The molecule has 0 unspecified atom stereocenters. The molecule has 6 nitrogen and oxygen atoms in total. The summed E-state index contributed by atoms with van der Waals surface area (Å²) in [6, 6.07) is 0. The molecule has 0 aromatic carbocycles. The Balaban J connectivity index is 1.88. The zero-order valence-electron chi connectivity index (χ0n) is 12.0. The van der Waals surface area contributed by atoms with E-state index in [2.05, 4.69) is 10.1 Å². The number of carbonyl (C=O) groups is 1. The Morgan fingerprint density at radius 2 is 2.00 bits per heavy atom. The van der Waals surface area contributed by atoms with E-state index < -0.39 is 11.0 Å². The molecule has 2 aliphatic carbocycles. The van der Waals surface area contributed by atoms with Gasteiger partial charge in [0.1, 0.15) is 11.0 Å². The molecule has 0 amide bonds. The molecular weight excluding hydrogens is 260 g/mol. The van der Waals surface area contributed by atoms with E-state index >= 15 is 0 Å². The van der Waals surface area contributed by atoms with Crippen LogP contribution in [0.5, 0.6) is 0 Å². The molecule has 110 valence electrons. The lowest BCUT2D eigenvalue weighted by Gasteiger charge is -2.24. The van der Waals surface area contributed by atoms with Gasteiger partial charge in [-0.2, -0.15) is 4.98 Å². The first-order valence-corrected chi connectivity index (χ1v) is 7.24. The quantitative estimate of drug-likeness (QED) is 0.769. The Morgan fingerprint density at radius 3 is 2.55 bits per heavy atom. The highest BCUT2D eigenvalue weighted by Gasteiger charge is 2.58. The van der Waals surface area contributed by atoms with Crippen molar-refractivity contribution in [3.63, 3.8) is 0 Å². The molecular formula is C14H20N2O4. The minimum absolute atomic E-state index is 0.287. The molecule has 0 atom stereocenters. The van der Waals surface area contributed by atoms with Crippen LogP contribution in [0.15, 0.2) is 4.52 Å². The second kappa shape index (κ2) is 4.84. The highest BCUT2D eigenvalue weighted by Crippen LogP contribution is 2.49. The average Bonchev–Trinajstić information content (AvgIpc) is 2.91. The monoisotopic (exact) mass is 280 g/mol. The molecule has 0 radical (unpaired) electrons. The molecule has 20 heavy (non-hydrogen) atoms. The van der Waals surface area contributed by atoms with Gasteiger partial charge in [0.05, 0.1) is 7.11 Å². The van der Waals surface area contributed by atoms with Gasteiger partial charge in [-0.25, -0.2) is 0 Å². The summed E-state index contributed by atoms with van der Waals surface area (Å²) >= 11 is 0. The second-order valence-corrected chi connectivity index (χ2v) is 5.63. The molecule has 2 aliphatic rings. The second-order valence-electron chi connectivity index (χ2n) is 5.63. The van der Waals surface area contributed by atoms with Gasteiger partial charge >= 0.3 is 5.97 Å². The van der Waals surface area contributed by atoms with Crippen LogP contribution in [0, 0.1) is 0 Å². The van der Waals surface area contributed by atoms with E-state index in [4.69, 9.17) is 14.0 Å². The van der Waals surface area contributed by atoms with Gasteiger partial charge in [-0.1, -0.05) is 5.16 Å². The van der Waals surface area contributed by atoms with Gasteiger partial charge in [0.2, 0.25) is 11.7 Å². The number of esters is 1. The Labute approximate surface area is 117 Å². The molecule has 1 aromatic rings. The van der Waals surface area contributed by atoms with Crippen LogP contribution in [-0.2, 0) is 25.3 Å². The lowest BCUT2D eigenvalue weighted by atomic mass is 10.0. The van der Waals surface area contributed by atoms with Gasteiger partial charge in [-0.3, -0.25) is 4.79 Å². The van der Waals surface area contributed by atoms with Crippen LogP contribution in [0.4, 0.5) is 0 Å². The van der Waals surface area contributed by atoms with Gasteiger partial charge < -0.3 is 14.0 Å². The number of hydrogen-bond donors (Lipinski definition) is 0. The van der Waals surface area contributed by atoms with Crippen molar-refractivity contribution in [2.45, 2.75) is 56.5 Å². The van der Waals surface area contributed by atoms with E-state index in [0.29, 0.717) is 31.2 Å². The van der Waals surface area contributed by atoms with E-state index in [-0.39, 0.29) is 5.97 Å². The molecule has 0 saturated heterocycles. The van der Waals surface area contributed by atoms with Crippen LogP contribution >= 0.6 is 0 Å². The van der Waals surface area contributed by atoms with Gasteiger partial charge in [0, 0.05) is 6.61 Å². The summed E-state index contributed by atoms with van der Waals surface area (Å²) < 4.78 is 16.1. The topological polar surface area (TPSA) is 74.5 Å². The van der Waals surface area contributed by atoms with Crippen molar-refractivity contribution in [1.29, 1.82) is 0 Å². The third kappa shape index (κ3) is 1.93. The van der Waals surface area contributed by atoms with Crippen LogP contribution in [0.3, 0.4) is 0 Å². The van der Waals surface area contributed by atoms with E-state index in [9.17, 15) is 4.79 Å². The zero-order valence-corrected chi connectivity index (χ0v) is 12.0. The fourth-order valence-electron chi connectivity index (χ4n) is 3.08. The van der Waals surface area contributed by atoms with Crippen LogP contribution in [-0.4, -0.2) is 29.8 Å². The Hall–Kier alpha value is -1.43. The lowest BCUT2D eigenvalue weighted by Crippen LogP contribution is -2.28. The maximum absolute atomic E-state index is 11.9. The largest absolute Gasteiger partial charge is 0.468 e. The summed E-state index contributed by atoms with van der Waals surface area (Å²) in [4.78, 5) is 16.3. The zero-order chi connectivity index (χ0) is 14.2. The summed E-state index contributed by atoms with van der Waals surface area (Å²) in [7, 11) is 1.39. The number of ether oxygens (including phenoxy) is 2. The van der Waals surface area contributed by atoms with Crippen LogP contribution in [0.2, 0.25) is 0 Å². The Morgan fingerprint density at radius 1 is 1.30 bits per heavy atom. The number of aromatic nitrogens is 2. The summed E-state index contributed by atoms with van der Waals surface area (Å²) in [5.41, 5.74) is -1.13. The van der Waals surface area contributed by atoms with Crippen molar-refractivity contribution >= 4 is 5.97 Å². The number of hydrogen-bond acceptors (Lipinski definition) is 6. The first kappa shape index (κ1) is 13.5. The molecule has 0 N–H and O–H groups in total. The van der Waals surface area contributed by atoms with Gasteiger partial charge in [-0.15, -0.1) is 0 Å². The van der Waals surface area contributed by atoms with E-state index in [1.807, 2.05) is 6.92 Å². The molecule has 0 bridgehead atoms. The maximum atomic E-state index is 11.9. The third-order valence-electron chi connectivity index (χ3n) is 4.40. The Kier molecular flexibility index (Phi) is 3.28. The first-order valence-electron chi connectivity index (χ1n) is 7.24. The molecule has 2 saturated carbocycles. The van der Waals surface area contributed by atoms with Crippen molar-refractivity contribution in [2.75, 3.05) is 13.7 Å². The van der Waals surface area contributed by atoms with Crippen molar-refractivity contribution in [2.24, 2.45) is 0 Å². The highest BCUT2D eigenvalue weighted by molar-refractivity contribution is 5.85. The van der Waals surface area contributed by atoms with Gasteiger partial charge in [-0.05, 0) is 45.4 Å². The third-order valence-corrected chi connectivity index (χ3v) is 4.40. The first-order chi connectivity index (χ1) is 9.67. The van der Waals surface area contributed by atoms with Crippen LogP contribution in [0.1, 0.15) is 57.2 Å². The molecule has 1 aromatic heterocycles. The molecule has 1 heterocycles. The van der Waals surface area contributed by atoms with Crippen LogP contribution in [0.25, 0.3) is 0 Å². The molecule has 3 rings (SSSR count). The van der Waals surface area contributed by atoms with E-state index in [1.165, 1.54) is 7.11 Å². The summed E-state index contributed by atoms with van der Waals surface area (Å²) in [6.07, 6.45) is 5.44. The standard InChI is InChI=1S/C14H20N2O4/c1-3-19-14(6-4-5-7-14)10-15-11(20-16-10)13(8-9-13)12(17)18-2/h3-9H2,1-2H3. The summed E-state index contributed by atoms with van der Waals surface area (Å²) in [6.45, 7) is 2.59. The molecule has 2 fully saturated rings. The molecule has 6 heteroatoms. The van der Waals surface area contributed by atoms with Crippen molar-refractivity contribution in [3.8, 4) is 0 Å². The van der Waals surface area contributed by atoms with Crippen molar-refractivity contribution < 1.29 is 18.8 Å². The van der Waals surface area contributed by atoms with Crippen molar-refractivity contribution in [3.05, 3.63) is 11.7 Å². The smallest absolute Gasteiger partial charge is 0.321 e. The highest BCUT2D eigenvalue weighted by atomic mass is 16.5. The van der Waals surface area contributed by atoms with Crippen LogP contribution < -0.4 is 0 Å². The predicted molar refractivity (Wildman–Crippen MR) is 69.0 cm³/mol. The minimum Gasteiger partial charge on any atom is -0.468 e. The number of rotatable bonds is 5. The van der Waals surface area contributed by atoms with E-state index in [1.54, 1.807) is 0 Å². The fourth-order valence-corrected chi connectivity index (χ4v) is 3.08. The molecule has 0 spiro atoms. The SMILES string of the molecule is CCOC1(c2noc(C3(C(=O)OC)CC3)n2)CCCC1.